The molecular formula is C25H17FN4OS. The van der Waals surface area contributed by atoms with Crippen LogP contribution < -0.4 is 5.32 Å². The summed E-state index contributed by atoms with van der Waals surface area (Å²) < 4.78 is 15.1. The van der Waals surface area contributed by atoms with Crippen molar-refractivity contribution in [3.8, 4) is 16.9 Å². The Hall–Kier alpha value is -3.97. The fourth-order valence-electron chi connectivity index (χ4n) is 3.33. The topological polar surface area (TPSA) is 59.3 Å². The molecule has 0 aliphatic carbocycles. The lowest BCUT2D eigenvalue weighted by Gasteiger charge is -2.01. The molecule has 0 unspecified atom stereocenters. The SMILES string of the molecule is O=C1NC(=Nc2ccc(F)cc2)C(=Cc2cn(-c3ccccc3)nc2-c2ccccc2)S1. The molecule has 1 saturated heterocycles. The summed E-state index contributed by atoms with van der Waals surface area (Å²) in [6.45, 7) is 0. The molecule has 1 aliphatic rings. The number of para-hydroxylation sites is 1. The Balaban J connectivity index is 1.60. The van der Waals surface area contributed by atoms with Gasteiger partial charge in [-0.1, -0.05) is 48.5 Å². The van der Waals surface area contributed by atoms with Crippen molar-refractivity contribution in [2.75, 3.05) is 0 Å². The van der Waals surface area contributed by atoms with E-state index in [-0.39, 0.29) is 11.1 Å². The summed E-state index contributed by atoms with van der Waals surface area (Å²) in [4.78, 5) is 17.3. The number of nitrogens with zero attached hydrogens (tertiary/aromatic N) is 3. The fourth-order valence-corrected chi connectivity index (χ4v) is 4.05. The number of aliphatic imine (C=N–C) groups is 1. The number of nitrogens with one attached hydrogen (secondary N) is 1. The van der Waals surface area contributed by atoms with Crippen LogP contribution in [0.5, 0.6) is 0 Å². The Labute approximate surface area is 188 Å². The first-order chi connectivity index (χ1) is 15.7. The number of thioether (sulfide) groups is 1. The van der Waals surface area contributed by atoms with Gasteiger partial charge in [0.05, 0.1) is 22.0 Å². The van der Waals surface area contributed by atoms with Gasteiger partial charge in [0.1, 0.15) is 11.7 Å². The van der Waals surface area contributed by atoms with E-state index in [4.69, 9.17) is 5.10 Å². The maximum atomic E-state index is 13.2. The van der Waals surface area contributed by atoms with E-state index in [1.807, 2.05) is 77.6 Å². The van der Waals surface area contributed by atoms with E-state index in [1.54, 1.807) is 12.1 Å². The van der Waals surface area contributed by atoms with E-state index in [2.05, 4.69) is 10.3 Å². The first kappa shape index (κ1) is 20.0. The highest BCUT2D eigenvalue weighted by atomic mass is 32.2. The third kappa shape index (κ3) is 4.24. The van der Waals surface area contributed by atoms with Crippen LogP contribution in [0.1, 0.15) is 5.56 Å². The lowest BCUT2D eigenvalue weighted by atomic mass is 10.1. The van der Waals surface area contributed by atoms with E-state index >= 15 is 0 Å². The Kier molecular flexibility index (Phi) is 5.39. The van der Waals surface area contributed by atoms with Crippen molar-refractivity contribution in [2.24, 2.45) is 4.99 Å². The summed E-state index contributed by atoms with van der Waals surface area (Å²) in [6, 6.07) is 25.5. The molecule has 156 valence electrons. The number of rotatable bonds is 4. The molecule has 1 amide bonds. The molecule has 0 bridgehead atoms. The monoisotopic (exact) mass is 440 g/mol. The fraction of sp³-hybridized carbons (Fsp3) is 0. The molecule has 5 rings (SSSR count). The number of amides is 1. The average molecular weight is 441 g/mol. The number of hydrogen-bond donors (Lipinski definition) is 1. The highest BCUT2D eigenvalue weighted by Gasteiger charge is 2.24. The van der Waals surface area contributed by atoms with Gasteiger partial charge in [-0.15, -0.1) is 0 Å². The molecule has 2 heterocycles. The minimum absolute atomic E-state index is 0.214. The van der Waals surface area contributed by atoms with Gasteiger partial charge in [-0.05, 0) is 54.2 Å². The smallest absolute Gasteiger partial charge is 0.289 e. The molecule has 0 radical (unpaired) electrons. The van der Waals surface area contributed by atoms with Crippen LogP contribution in [-0.4, -0.2) is 20.9 Å². The van der Waals surface area contributed by atoms with Crippen molar-refractivity contribution in [3.05, 3.63) is 107 Å². The number of carbonyl (C=O) groups excluding carboxylic acids is 1. The van der Waals surface area contributed by atoms with Crippen molar-refractivity contribution in [1.29, 1.82) is 0 Å². The molecule has 1 aromatic heterocycles. The largest absolute Gasteiger partial charge is 0.300 e. The minimum atomic E-state index is -0.338. The zero-order chi connectivity index (χ0) is 21.9. The standard InChI is InChI=1S/C25H17FN4OS/c26-19-11-13-20(14-12-19)27-24-22(32-25(31)28-24)15-18-16-30(21-9-5-2-6-10-21)29-23(18)17-7-3-1-4-8-17/h1-16H,(H,27,28,31). The van der Waals surface area contributed by atoms with Gasteiger partial charge in [0.2, 0.25) is 0 Å². The highest BCUT2D eigenvalue weighted by Crippen LogP contribution is 2.32. The number of amidine groups is 1. The quantitative estimate of drug-likeness (QED) is 0.411. The van der Waals surface area contributed by atoms with Gasteiger partial charge in [0, 0.05) is 17.3 Å². The maximum absolute atomic E-state index is 13.2. The summed E-state index contributed by atoms with van der Waals surface area (Å²) in [5.41, 5.74) is 4.10. The van der Waals surface area contributed by atoms with E-state index in [0.29, 0.717) is 16.4 Å². The van der Waals surface area contributed by atoms with Gasteiger partial charge in [-0.25, -0.2) is 14.1 Å². The van der Waals surface area contributed by atoms with Crippen LogP contribution in [0.25, 0.3) is 23.0 Å². The lowest BCUT2D eigenvalue weighted by Crippen LogP contribution is -2.18. The molecule has 0 spiro atoms. The summed E-state index contributed by atoms with van der Waals surface area (Å²) in [5, 5.41) is 7.36. The first-order valence-corrected chi connectivity index (χ1v) is 10.7. The van der Waals surface area contributed by atoms with Gasteiger partial charge in [0.15, 0.2) is 0 Å². The second kappa shape index (κ2) is 8.64. The number of benzene rings is 3. The van der Waals surface area contributed by atoms with Crippen LogP contribution in [0.4, 0.5) is 14.9 Å². The molecule has 4 aromatic rings. The van der Waals surface area contributed by atoms with E-state index in [1.165, 1.54) is 12.1 Å². The summed E-state index contributed by atoms with van der Waals surface area (Å²) in [7, 11) is 0. The van der Waals surface area contributed by atoms with Crippen molar-refractivity contribution in [2.45, 2.75) is 0 Å². The first-order valence-electron chi connectivity index (χ1n) is 9.91. The summed E-state index contributed by atoms with van der Waals surface area (Å²) in [5.74, 6) is 0.0912. The van der Waals surface area contributed by atoms with Crippen LogP contribution >= 0.6 is 11.8 Å². The molecule has 1 fully saturated rings. The van der Waals surface area contributed by atoms with Crippen LogP contribution in [0.15, 0.2) is 101 Å². The van der Waals surface area contributed by atoms with Crippen molar-refractivity contribution < 1.29 is 9.18 Å². The number of halogens is 1. The second-order valence-corrected chi connectivity index (χ2v) is 8.05. The van der Waals surface area contributed by atoms with Crippen LogP contribution in [-0.2, 0) is 0 Å². The average Bonchev–Trinajstić information content (AvgIpc) is 3.40. The van der Waals surface area contributed by atoms with Crippen LogP contribution in [0, 0.1) is 5.82 Å². The lowest BCUT2D eigenvalue weighted by molar-refractivity contribution is 0.265. The zero-order valence-electron chi connectivity index (χ0n) is 16.8. The number of hydrogen-bond acceptors (Lipinski definition) is 4. The highest BCUT2D eigenvalue weighted by molar-refractivity contribution is 8.18. The molecule has 3 aromatic carbocycles. The Morgan fingerprint density at radius 1 is 0.938 bits per heavy atom. The predicted molar refractivity (Wildman–Crippen MR) is 127 cm³/mol. The maximum Gasteiger partial charge on any atom is 0.289 e. The van der Waals surface area contributed by atoms with Gasteiger partial charge >= 0.3 is 0 Å². The van der Waals surface area contributed by atoms with Crippen LogP contribution in [0.2, 0.25) is 0 Å². The normalized spacial score (nSPS) is 16.0. The van der Waals surface area contributed by atoms with E-state index in [9.17, 15) is 9.18 Å². The molecule has 7 heteroatoms. The van der Waals surface area contributed by atoms with Crippen LogP contribution in [0.3, 0.4) is 0 Å². The van der Waals surface area contributed by atoms with Gasteiger partial charge in [-0.3, -0.25) is 4.79 Å². The third-order valence-corrected chi connectivity index (χ3v) is 5.64. The summed E-state index contributed by atoms with van der Waals surface area (Å²) >= 11 is 1.07. The molecule has 0 saturated carbocycles. The minimum Gasteiger partial charge on any atom is -0.300 e. The zero-order valence-corrected chi connectivity index (χ0v) is 17.6. The van der Waals surface area contributed by atoms with E-state index in [0.717, 1.165) is 34.3 Å². The number of aromatic nitrogens is 2. The summed E-state index contributed by atoms with van der Waals surface area (Å²) in [6.07, 6.45) is 3.84. The Bertz CT molecular complexity index is 1330. The van der Waals surface area contributed by atoms with Gasteiger partial charge < -0.3 is 5.32 Å². The molecule has 5 nitrogen and oxygen atoms in total. The second-order valence-electron chi connectivity index (χ2n) is 7.04. The molecule has 32 heavy (non-hydrogen) atoms. The van der Waals surface area contributed by atoms with Crippen molar-refractivity contribution >= 4 is 34.6 Å². The molecule has 0 atom stereocenters. The third-order valence-electron chi connectivity index (χ3n) is 4.82. The predicted octanol–water partition coefficient (Wildman–Crippen LogP) is 6.21. The Morgan fingerprint density at radius 2 is 1.62 bits per heavy atom. The number of carbonyl (C=O) groups is 1. The Morgan fingerprint density at radius 3 is 2.34 bits per heavy atom. The van der Waals surface area contributed by atoms with Crippen molar-refractivity contribution in [1.82, 2.24) is 15.1 Å². The van der Waals surface area contributed by atoms with E-state index < -0.39 is 0 Å². The van der Waals surface area contributed by atoms with Crippen molar-refractivity contribution in [3.63, 3.8) is 0 Å². The van der Waals surface area contributed by atoms with Gasteiger partial charge in [0.25, 0.3) is 5.24 Å². The molecule has 1 N–H and O–H groups in total. The molecule has 1 aliphatic heterocycles. The van der Waals surface area contributed by atoms with Gasteiger partial charge in [-0.2, -0.15) is 5.10 Å². The molecular weight excluding hydrogens is 423 g/mol.